The molecule has 0 radical (unpaired) electrons. The quantitative estimate of drug-likeness (QED) is 0.690. The van der Waals surface area contributed by atoms with Crippen molar-refractivity contribution in [3.8, 4) is 0 Å². The van der Waals surface area contributed by atoms with Crippen LogP contribution >= 0.6 is 0 Å². The molecule has 0 spiro atoms. The van der Waals surface area contributed by atoms with Crippen molar-refractivity contribution in [1.29, 1.82) is 0 Å². The van der Waals surface area contributed by atoms with Crippen LogP contribution in [0.5, 0.6) is 0 Å². The van der Waals surface area contributed by atoms with Gasteiger partial charge in [-0.3, -0.25) is 4.98 Å². The molecule has 2 N–H and O–H groups in total. The third kappa shape index (κ3) is 1.81. The maximum absolute atomic E-state index is 5.64. The Morgan fingerprint density at radius 3 is 2.83 bits per heavy atom. The Bertz CT molecular complexity index is 270. The van der Waals surface area contributed by atoms with E-state index in [1.165, 1.54) is 0 Å². The van der Waals surface area contributed by atoms with Crippen molar-refractivity contribution in [2.45, 2.75) is 19.3 Å². The lowest BCUT2D eigenvalue weighted by atomic mass is 10.0. The topological polar surface area (TPSA) is 51.8 Å². The first-order valence-electron chi connectivity index (χ1n) is 3.93. The highest BCUT2D eigenvalue weighted by Crippen LogP contribution is 2.20. The van der Waals surface area contributed by atoms with Gasteiger partial charge in [0.1, 0.15) is 5.82 Å². The standard InChI is InChI=1S/C9H13N3/c1-3-4-7(2)8-9(10)12-6-5-11-8/h3,5-7H,1,4H2,2H3,(H2,10,12)/t7-/m1/s1. The molecule has 1 aromatic rings. The van der Waals surface area contributed by atoms with E-state index in [2.05, 4.69) is 23.5 Å². The number of nitrogens with two attached hydrogens (primary N) is 1. The molecule has 0 amide bonds. The van der Waals surface area contributed by atoms with Crippen molar-refractivity contribution in [2.24, 2.45) is 0 Å². The Balaban J connectivity index is 2.86. The predicted octanol–water partition coefficient (Wildman–Crippen LogP) is 1.74. The third-order valence-electron chi connectivity index (χ3n) is 1.74. The van der Waals surface area contributed by atoms with Crippen LogP contribution in [0.15, 0.2) is 25.0 Å². The zero-order valence-corrected chi connectivity index (χ0v) is 7.20. The molecule has 64 valence electrons. The maximum atomic E-state index is 5.64. The molecule has 1 atom stereocenters. The zero-order chi connectivity index (χ0) is 8.97. The molecule has 0 unspecified atom stereocenters. The Morgan fingerprint density at radius 2 is 2.25 bits per heavy atom. The molecule has 0 aliphatic heterocycles. The van der Waals surface area contributed by atoms with Crippen LogP contribution in [0.25, 0.3) is 0 Å². The molecule has 3 heteroatoms. The van der Waals surface area contributed by atoms with Crippen LogP contribution in [0.1, 0.15) is 25.0 Å². The molecule has 0 aliphatic rings. The van der Waals surface area contributed by atoms with E-state index in [1.54, 1.807) is 12.4 Å². The fraction of sp³-hybridized carbons (Fsp3) is 0.333. The van der Waals surface area contributed by atoms with E-state index in [0.717, 1.165) is 12.1 Å². The number of allylic oxidation sites excluding steroid dienone is 1. The average molecular weight is 163 g/mol. The molecule has 12 heavy (non-hydrogen) atoms. The largest absolute Gasteiger partial charge is 0.382 e. The van der Waals surface area contributed by atoms with Gasteiger partial charge in [0.05, 0.1) is 5.69 Å². The summed E-state index contributed by atoms with van der Waals surface area (Å²) in [6, 6.07) is 0. The first-order chi connectivity index (χ1) is 5.75. The maximum Gasteiger partial charge on any atom is 0.145 e. The van der Waals surface area contributed by atoms with Crippen LogP contribution in [-0.4, -0.2) is 9.97 Å². The SMILES string of the molecule is C=CC[C@@H](C)c1nccnc1N. The summed E-state index contributed by atoms with van der Waals surface area (Å²) >= 11 is 0. The summed E-state index contributed by atoms with van der Waals surface area (Å²) in [4.78, 5) is 8.12. The van der Waals surface area contributed by atoms with Gasteiger partial charge in [0.25, 0.3) is 0 Å². The van der Waals surface area contributed by atoms with E-state index in [0.29, 0.717) is 11.7 Å². The normalized spacial score (nSPS) is 12.4. The summed E-state index contributed by atoms with van der Waals surface area (Å²) in [7, 11) is 0. The first-order valence-corrected chi connectivity index (χ1v) is 3.93. The molecule has 1 rings (SSSR count). The van der Waals surface area contributed by atoms with Gasteiger partial charge in [-0.15, -0.1) is 6.58 Å². The second-order valence-corrected chi connectivity index (χ2v) is 2.75. The third-order valence-corrected chi connectivity index (χ3v) is 1.74. The van der Waals surface area contributed by atoms with E-state index in [1.807, 2.05) is 6.08 Å². The lowest BCUT2D eigenvalue weighted by molar-refractivity contribution is 0.747. The summed E-state index contributed by atoms with van der Waals surface area (Å²) < 4.78 is 0. The minimum Gasteiger partial charge on any atom is -0.382 e. The Hall–Kier alpha value is -1.38. The lowest BCUT2D eigenvalue weighted by Crippen LogP contribution is -2.03. The molecule has 0 saturated heterocycles. The smallest absolute Gasteiger partial charge is 0.145 e. The van der Waals surface area contributed by atoms with E-state index in [4.69, 9.17) is 5.73 Å². The van der Waals surface area contributed by atoms with E-state index in [-0.39, 0.29) is 0 Å². The zero-order valence-electron chi connectivity index (χ0n) is 7.20. The summed E-state index contributed by atoms with van der Waals surface area (Å²) in [5, 5.41) is 0. The Kier molecular flexibility index (Phi) is 2.80. The van der Waals surface area contributed by atoms with Crippen molar-refractivity contribution in [2.75, 3.05) is 5.73 Å². The second kappa shape index (κ2) is 3.85. The second-order valence-electron chi connectivity index (χ2n) is 2.75. The number of nitrogens with zero attached hydrogens (tertiary/aromatic N) is 2. The van der Waals surface area contributed by atoms with Gasteiger partial charge in [0.2, 0.25) is 0 Å². The fourth-order valence-electron chi connectivity index (χ4n) is 1.10. The molecule has 0 saturated carbocycles. The van der Waals surface area contributed by atoms with Crippen LogP contribution in [-0.2, 0) is 0 Å². The van der Waals surface area contributed by atoms with Crippen molar-refractivity contribution >= 4 is 5.82 Å². The Morgan fingerprint density at radius 1 is 1.58 bits per heavy atom. The number of hydrogen-bond acceptors (Lipinski definition) is 3. The molecular weight excluding hydrogens is 150 g/mol. The van der Waals surface area contributed by atoms with Gasteiger partial charge in [0.15, 0.2) is 0 Å². The van der Waals surface area contributed by atoms with Gasteiger partial charge in [-0.2, -0.15) is 0 Å². The number of hydrogen-bond donors (Lipinski definition) is 1. The minimum atomic E-state index is 0.302. The van der Waals surface area contributed by atoms with Gasteiger partial charge < -0.3 is 5.73 Å². The first kappa shape index (κ1) is 8.71. The summed E-state index contributed by atoms with van der Waals surface area (Å²) in [5.74, 6) is 0.822. The highest BCUT2D eigenvalue weighted by molar-refractivity contribution is 5.35. The van der Waals surface area contributed by atoms with Crippen molar-refractivity contribution < 1.29 is 0 Å². The van der Waals surface area contributed by atoms with Gasteiger partial charge in [-0.1, -0.05) is 13.0 Å². The molecule has 0 bridgehead atoms. The molecule has 3 nitrogen and oxygen atoms in total. The highest BCUT2D eigenvalue weighted by atomic mass is 14.9. The lowest BCUT2D eigenvalue weighted by Gasteiger charge is -2.08. The molecular formula is C9H13N3. The van der Waals surface area contributed by atoms with Crippen LogP contribution < -0.4 is 5.73 Å². The van der Waals surface area contributed by atoms with Crippen LogP contribution in [0.4, 0.5) is 5.82 Å². The predicted molar refractivity (Wildman–Crippen MR) is 49.7 cm³/mol. The van der Waals surface area contributed by atoms with Gasteiger partial charge >= 0.3 is 0 Å². The number of nitrogen functional groups attached to an aromatic ring is 1. The Labute approximate surface area is 72.3 Å². The highest BCUT2D eigenvalue weighted by Gasteiger charge is 2.08. The van der Waals surface area contributed by atoms with Crippen molar-refractivity contribution in [1.82, 2.24) is 9.97 Å². The van der Waals surface area contributed by atoms with Crippen molar-refractivity contribution in [3.05, 3.63) is 30.7 Å². The van der Waals surface area contributed by atoms with Gasteiger partial charge in [-0.25, -0.2) is 4.98 Å². The molecule has 1 heterocycles. The average Bonchev–Trinajstić information content (AvgIpc) is 2.05. The van der Waals surface area contributed by atoms with Crippen molar-refractivity contribution in [3.63, 3.8) is 0 Å². The summed E-state index contributed by atoms with van der Waals surface area (Å²) in [5.41, 5.74) is 6.50. The fourth-order valence-corrected chi connectivity index (χ4v) is 1.10. The number of anilines is 1. The molecule has 0 aromatic carbocycles. The molecule has 1 aromatic heterocycles. The van der Waals surface area contributed by atoms with E-state index >= 15 is 0 Å². The van der Waals surface area contributed by atoms with Crippen LogP contribution in [0.3, 0.4) is 0 Å². The monoisotopic (exact) mass is 163 g/mol. The van der Waals surface area contributed by atoms with E-state index < -0.39 is 0 Å². The van der Waals surface area contributed by atoms with Crippen LogP contribution in [0, 0.1) is 0 Å². The molecule has 0 fully saturated rings. The van der Waals surface area contributed by atoms with E-state index in [9.17, 15) is 0 Å². The number of rotatable bonds is 3. The van der Waals surface area contributed by atoms with Gasteiger partial charge in [0, 0.05) is 18.3 Å². The van der Waals surface area contributed by atoms with Gasteiger partial charge in [-0.05, 0) is 6.42 Å². The number of aromatic nitrogens is 2. The molecule has 0 aliphatic carbocycles. The summed E-state index contributed by atoms with van der Waals surface area (Å²) in [6.45, 7) is 5.72. The van der Waals surface area contributed by atoms with Crippen LogP contribution in [0.2, 0.25) is 0 Å². The summed E-state index contributed by atoms with van der Waals surface area (Å²) in [6.07, 6.45) is 5.99. The minimum absolute atomic E-state index is 0.302.